The van der Waals surface area contributed by atoms with Crippen molar-refractivity contribution >= 4 is 0 Å². The molecule has 1 fully saturated rings. The molecule has 0 radical (unpaired) electrons. The fourth-order valence-electron chi connectivity index (χ4n) is 3.02. The van der Waals surface area contributed by atoms with Crippen LogP contribution in [-0.2, 0) is 6.18 Å². The van der Waals surface area contributed by atoms with Crippen molar-refractivity contribution < 1.29 is 17.7 Å². The molecule has 3 rings (SSSR count). The zero-order chi connectivity index (χ0) is 16.3. The summed E-state index contributed by atoms with van der Waals surface area (Å²) >= 11 is 0. The molecule has 1 saturated carbocycles. The summed E-state index contributed by atoms with van der Waals surface area (Å²) in [5, 5.41) is 3.44. The second-order valence-corrected chi connectivity index (χ2v) is 5.93. The molecule has 0 spiro atoms. The minimum Gasteiger partial charge on any atom is -0.329 e. The van der Waals surface area contributed by atoms with Crippen LogP contribution < -0.4 is 0 Å². The summed E-state index contributed by atoms with van der Waals surface area (Å²) in [4.78, 5) is 7.85. The Labute approximate surface area is 132 Å². The molecule has 4 nitrogen and oxygen atoms in total. The number of aromatic nitrogens is 3. The van der Waals surface area contributed by atoms with Gasteiger partial charge < -0.3 is 4.52 Å². The Bertz CT molecular complexity index is 646. The molecule has 0 aromatic carbocycles. The van der Waals surface area contributed by atoms with E-state index in [4.69, 9.17) is 0 Å². The van der Waals surface area contributed by atoms with Gasteiger partial charge in [0, 0.05) is 23.4 Å². The molecule has 2 aromatic rings. The van der Waals surface area contributed by atoms with Gasteiger partial charge in [-0.15, -0.1) is 0 Å². The lowest BCUT2D eigenvalue weighted by atomic mass is 9.88. The average molecular weight is 325 g/mol. The Balaban J connectivity index is 1.83. The van der Waals surface area contributed by atoms with Gasteiger partial charge in [-0.1, -0.05) is 37.3 Å². The fourth-order valence-corrected chi connectivity index (χ4v) is 3.02. The Hall–Kier alpha value is -1.92. The maximum atomic E-state index is 12.6. The van der Waals surface area contributed by atoms with E-state index >= 15 is 0 Å². The monoisotopic (exact) mass is 325 g/mol. The number of nitrogens with zero attached hydrogens (tertiary/aromatic N) is 3. The third-order valence-corrected chi connectivity index (χ3v) is 4.23. The van der Waals surface area contributed by atoms with E-state index < -0.39 is 12.1 Å². The van der Waals surface area contributed by atoms with E-state index in [1.54, 1.807) is 18.3 Å². The van der Waals surface area contributed by atoms with Crippen molar-refractivity contribution in [2.24, 2.45) is 0 Å². The van der Waals surface area contributed by atoms with Crippen molar-refractivity contribution in [2.75, 3.05) is 0 Å². The molecule has 0 amide bonds. The van der Waals surface area contributed by atoms with Crippen molar-refractivity contribution in [2.45, 2.75) is 57.0 Å². The van der Waals surface area contributed by atoms with Gasteiger partial charge in [-0.3, -0.25) is 4.98 Å². The Morgan fingerprint density at radius 3 is 2.39 bits per heavy atom. The molecular formula is C16H18F3N3O. The van der Waals surface area contributed by atoms with Crippen LogP contribution >= 0.6 is 0 Å². The third kappa shape index (κ3) is 3.89. The predicted octanol–water partition coefficient (Wildman–Crippen LogP) is 4.98. The number of pyridine rings is 1. The summed E-state index contributed by atoms with van der Waals surface area (Å²) in [5.41, 5.74) is 1.42. The van der Waals surface area contributed by atoms with Crippen molar-refractivity contribution in [1.29, 1.82) is 0 Å². The lowest BCUT2D eigenvalue weighted by molar-refractivity contribution is -0.159. The summed E-state index contributed by atoms with van der Waals surface area (Å²) in [6.45, 7) is 0. The van der Waals surface area contributed by atoms with Gasteiger partial charge in [0.15, 0.2) is 0 Å². The highest BCUT2D eigenvalue weighted by Gasteiger charge is 2.38. The van der Waals surface area contributed by atoms with Crippen molar-refractivity contribution in [3.05, 3.63) is 29.9 Å². The maximum absolute atomic E-state index is 12.6. The molecular weight excluding hydrogens is 307 g/mol. The topological polar surface area (TPSA) is 51.8 Å². The predicted molar refractivity (Wildman–Crippen MR) is 77.6 cm³/mol. The molecule has 0 atom stereocenters. The first kappa shape index (κ1) is 16.0. The molecule has 0 aliphatic heterocycles. The van der Waals surface area contributed by atoms with Crippen LogP contribution in [0, 0.1) is 0 Å². The molecule has 0 N–H and O–H groups in total. The highest BCUT2D eigenvalue weighted by molar-refractivity contribution is 5.54. The minimum atomic E-state index is -4.62. The van der Waals surface area contributed by atoms with E-state index in [1.807, 2.05) is 0 Å². The number of rotatable bonds is 2. The van der Waals surface area contributed by atoms with Gasteiger partial charge in [-0.25, -0.2) is 0 Å². The van der Waals surface area contributed by atoms with E-state index in [9.17, 15) is 13.2 Å². The Morgan fingerprint density at radius 1 is 1.04 bits per heavy atom. The van der Waals surface area contributed by atoms with Crippen molar-refractivity contribution in [1.82, 2.24) is 15.1 Å². The summed E-state index contributed by atoms with van der Waals surface area (Å²) < 4.78 is 42.0. The molecule has 124 valence electrons. The average Bonchev–Trinajstić information content (AvgIpc) is 2.97. The van der Waals surface area contributed by atoms with Crippen LogP contribution in [0.15, 0.2) is 22.9 Å². The highest BCUT2D eigenvalue weighted by Crippen LogP contribution is 2.32. The zero-order valence-corrected chi connectivity index (χ0v) is 12.6. The second kappa shape index (κ2) is 6.68. The van der Waals surface area contributed by atoms with Gasteiger partial charge in [-0.2, -0.15) is 18.2 Å². The first-order chi connectivity index (χ1) is 11.0. The summed E-state index contributed by atoms with van der Waals surface area (Å²) in [6.07, 6.45) is 5.18. The zero-order valence-electron chi connectivity index (χ0n) is 12.6. The number of halogens is 3. The van der Waals surface area contributed by atoms with Gasteiger partial charge in [0.25, 0.3) is 0 Å². The number of hydrogen-bond acceptors (Lipinski definition) is 4. The summed E-state index contributed by atoms with van der Waals surface area (Å²) in [7, 11) is 0. The van der Waals surface area contributed by atoms with Crippen LogP contribution in [0.2, 0.25) is 0 Å². The lowest BCUT2D eigenvalue weighted by Crippen LogP contribution is -2.05. The molecule has 0 saturated heterocycles. The van der Waals surface area contributed by atoms with Crippen molar-refractivity contribution in [3.63, 3.8) is 0 Å². The number of alkyl halides is 3. The van der Waals surface area contributed by atoms with Gasteiger partial charge >= 0.3 is 12.1 Å². The third-order valence-electron chi connectivity index (χ3n) is 4.23. The van der Waals surface area contributed by atoms with E-state index in [1.165, 1.54) is 19.3 Å². The summed E-state index contributed by atoms with van der Waals surface area (Å²) in [5.74, 6) is -1.02. The van der Waals surface area contributed by atoms with E-state index in [0.717, 1.165) is 31.4 Å². The van der Waals surface area contributed by atoms with Crippen LogP contribution in [0.3, 0.4) is 0 Å². The fraction of sp³-hybridized carbons (Fsp3) is 0.562. The van der Waals surface area contributed by atoms with E-state index in [0.29, 0.717) is 11.5 Å². The van der Waals surface area contributed by atoms with Gasteiger partial charge in [-0.05, 0) is 25.0 Å². The molecule has 2 heterocycles. The first-order valence-electron chi connectivity index (χ1n) is 7.91. The standard InChI is InChI=1S/C16H18F3N3O/c17-16(18,19)15-21-14(22-23-15)12-8-9-20-13(10-12)11-6-4-2-1-3-5-7-11/h8-11H,1-7H2. The van der Waals surface area contributed by atoms with Crippen molar-refractivity contribution in [3.8, 4) is 11.4 Å². The van der Waals surface area contributed by atoms with E-state index in [-0.39, 0.29) is 5.82 Å². The van der Waals surface area contributed by atoms with Crippen LogP contribution in [0.4, 0.5) is 13.2 Å². The van der Waals surface area contributed by atoms with Crippen LogP contribution in [0.5, 0.6) is 0 Å². The molecule has 1 aliphatic carbocycles. The molecule has 1 aliphatic rings. The van der Waals surface area contributed by atoms with Gasteiger partial charge in [0.2, 0.25) is 5.82 Å². The molecule has 2 aromatic heterocycles. The van der Waals surface area contributed by atoms with Gasteiger partial charge in [0.05, 0.1) is 0 Å². The minimum absolute atomic E-state index is 0.0492. The first-order valence-corrected chi connectivity index (χ1v) is 7.91. The Morgan fingerprint density at radius 2 is 1.74 bits per heavy atom. The smallest absolute Gasteiger partial charge is 0.329 e. The SMILES string of the molecule is FC(F)(F)c1nc(-c2ccnc(C3CCCCCCC3)c2)no1. The normalized spacial score (nSPS) is 17.7. The van der Waals surface area contributed by atoms with Crippen LogP contribution in [-0.4, -0.2) is 15.1 Å². The molecule has 0 bridgehead atoms. The maximum Gasteiger partial charge on any atom is 0.471 e. The summed E-state index contributed by atoms with van der Waals surface area (Å²) in [6, 6.07) is 3.40. The quantitative estimate of drug-likeness (QED) is 0.781. The highest BCUT2D eigenvalue weighted by atomic mass is 19.4. The molecule has 23 heavy (non-hydrogen) atoms. The van der Waals surface area contributed by atoms with Crippen LogP contribution in [0.25, 0.3) is 11.4 Å². The lowest BCUT2D eigenvalue weighted by Gasteiger charge is -2.19. The van der Waals surface area contributed by atoms with Crippen LogP contribution in [0.1, 0.15) is 62.4 Å². The molecule has 0 unspecified atom stereocenters. The molecule has 7 heteroatoms. The van der Waals surface area contributed by atoms with E-state index in [2.05, 4.69) is 19.6 Å². The van der Waals surface area contributed by atoms with Gasteiger partial charge in [0.1, 0.15) is 0 Å². The second-order valence-electron chi connectivity index (χ2n) is 5.93. The largest absolute Gasteiger partial charge is 0.471 e. The number of hydrogen-bond donors (Lipinski definition) is 0. The Kier molecular flexibility index (Phi) is 4.63.